The van der Waals surface area contributed by atoms with Crippen molar-refractivity contribution < 1.29 is 18.0 Å². The summed E-state index contributed by atoms with van der Waals surface area (Å²) in [6.07, 6.45) is -3.20. The van der Waals surface area contributed by atoms with Crippen molar-refractivity contribution in [1.29, 1.82) is 0 Å². The van der Waals surface area contributed by atoms with Crippen LogP contribution in [0.1, 0.15) is 34.8 Å². The molecule has 0 bridgehead atoms. The molecule has 1 aromatic carbocycles. The Morgan fingerprint density at radius 1 is 1.30 bits per heavy atom. The van der Waals surface area contributed by atoms with E-state index in [4.69, 9.17) is 0 Å². The number of nitrogens with zero attached hydrogens (tertiary/aromatic N) is 3. The van der Waals surface area contributed by atoms with Crippen LogP contribution in [0.3, 0.4) is 0 Å². The number of hydrogen-bond acceptors (Lipinski definition) is 4. The number of amides is 1. The zero-order valence-corrected chi connectivity index (χ0v) is 11.8. The summed E-state index contributed by atoms with van der Waals surface area (Å²) < 4.78 is 38.4. The van der Waals surface area contributed by atoms with Crippen LogP contribution in [0.15, 0.2) is 24.5 Å². The first-order valence-electron chi connectivity index (χ1n) is 6.57. The molecule has 7 nitrogen and oxygen atoms in total. The fraction of sp³-hybridized carbons (Fsp3) is 0.231. The first-order valence-corrected chi connectivity index (χ1v) is 6.57. The van der Waals surface area contributed by atoms with Crippen LogP contribution in [0.2, 0.25) is 0 Å². The van der Waals surface area contributed by atoms with Gasteiger partial charge in [-0.1, -0.05) is 0 Å². The van der Waals surface area contributed by atoms with Gasteiger partial charge in [-0.15, -0.1) is 0 Å². The molecule has 2 heterocycles. The average Bonchev–Trinajstić information content (AvgIpc) is 3.15. The van der Waals surface area contributed by atoms with Gasteiger partial charge in [0.05, 0.1) is 17.1 Å². The van der Waals surface area contributed by atoms with Crippen LogP contribution >= 0.6 is 0 Å². The molecule has 0 aliphatic carbocycles. The molecule has 3 rings (SSSR count). The van der Waals surface area contributed by atoms with E-state index in [1.54, 1.807) is 6.92 Å². The lowest BCUT2D eigenvalue weighted by atomic mass is 10.1. The van der Waals surface area contributed by atoms with E-state index in [1.165, 1.54) is 12.4 Å². The number of halogens is 3. The Morgan fingerprint density at radius 3 is 2.74 bits per heavy atom. The molecule has 0 aliphatic rings. The first kappa shape index (κ1) is 15.0. The average molecular weight is 324 g/mol. The van der Waals surface area contributed by atoms with Gasteiger partial charge in [-0.25, -0.2) is 4.98 Å². The van der Waals surface area contributed by atoms with Gasteiger partial charge in [0.2, 0.25) is 0 Å². The minimum atomic E-state index is -4.49. The van der Waals surface area contributed by atoms with Crippen LogP contribution in [0, 0.1) is 0 Å². The van der Waals surface area contributed by atoms with Crippen molar-refractivity contribution >= 4 is 16.8 Å². The van der Waals surface area contributed by atoms with E-state index >= 15 is 0 Å². The lowest BCUT2D eigenvalue weighted by Crippen LogP contribution is -2.27. The van der Waals surface area contributed by atoms with E-state index in [0.29, 0.717) is 11.3 Å². The smallest absolute Gasteiger partial charge is 0.341 e. The molecule has 23 heavy (non-hydrogen) atoms. The lowest BCUT2D eigenvalue weighted by molar-refractivity contribution is -0.137. The van der Waals surface area contributed by atoms with Crippen LogP contribution < -0.4 is 5.32 Å². The highest BCUT2D eigenvalue weighted by molar-refractivity contribution is 6.04. The predicted octanol–water partition coefficient (Wildman–Crippen LogP) is 2.19. The van der Waals surface area contributed by atoms with Crippen LogP contribution in [-0.2, 0) is 6.18 Å². The maximum absolute atomic E-state index is 12.8. The third-order valence-corrected chi connectivity index (χ3v) is 3.30. The fourth-order valence-electron chi connectivity index (χ4n) is 2.12. The number of aromatic nitrogens is 5. The summed E-state index contributed by atoms with van der Waals surface area (Å²) in [5, 5.41) is 15.3. The standard InChI is InChI=1S/C13H11F3N6O/c1-6(11-17-5-18-22-11)19-12(23)10-8-4-7(13(14,15)16)2-3-9(8)20-21-10/h2-6H,1H3,(H,19,23)(H,20,21)(H,17,18,22)/t6-/m0/s1. The van der Waals surface area contributed by atoms with Crippen molar-refractivity contribution in [1.82, 2.24) is 30.7 Å². The second-order valence-electron chi connectivity index (χ2n) is 4.90. The van der Waals surface area contributed by atoms with Gasteiger partial charge in [0.25, 0.3) is 5.91 Å². The normalized spacial score (nSPS) is 13.2. The zero-order valence-electron chi connectivity index (χ0n) is 11.8. The van der Waals surface area contributed by atoms with Gasteiger partial charge in [0.1, 0.15) is 12.2 Å². The van der Waals surface area contributed by atoms with Gasteiger partial charge < -0.3 is 5.32 Å². The largest absolute Gasteiger partial charge is 0.416 e. The number of aromatic amines is 2. The lowest BCUT2D eigenvalue weighted by Gasteiger charge is -2.10. The molecule has 0 aliphatic heterocycles. The van der Waals surface area contributed by atoms with E-state index in [0.717, 1.165) is 12.1 Å². The molecule has 1 atom stereocenters. The molecule has 1 amide bonds. The Bertz CT molecular complexity index is 839. The molecule has 3 aromatic rings. The third-order valence-electron chi connectivity index (χ3n) is 3.30. The van der Waals surface area contributed by atoms with E-state index in [-0.39, 0.29) is 11.1 Å². The van der Waals surface area contributed by atoms with E-state index in [9.17, 15) is 18.0 Å². The molecule has 0 saturated carbocycles. The van der Waals surface area contributed by atoms with Gasteiger partial charge in [-0.3, -0.25) is 15.0 Å². The minimum Gasteiger partial charge on any atom is -0.341 e. The van der Waals surface area contributed by atoms with E-state index in [2.05, 4.69) is 30.7 Å². The first-order chi connectivity index (χ1) is 10.9. The molecule has 3 N–H and O–H groups in total. The van der Waals surface area contributed by atoms with Crippen LogP contribution in [-0.4, -0.2) is 31.3 Å². The topological polar surface area (TPSA) is 99.3 Å². The Labute approximate surface area is 127 Å². The molecular weight excluding hydrogens is 313 g/mol. The molecule has 0 spiro atoms. The SMILES string of the molecule is C[C@H](NC(=O)c1n[nH]c2ccc(C(F)(F)F)cc12)c1ncn[nH]1. The van der Waals surface area contributed by atoms with Crippen LogP contribution in [0.5, 0.6) is 0 Å². The predicted molar refractivity (Wildman–Crippen MR) is 73.4 cm³/mol. The number of carbonyl (C=O) groups excluding carboxylic acids is 1. The Kier molecular flexibility index (Phi) is 3.51. The van der Waals surface area contributed by atoms with Crippen molar-refractivity contribution in [3.63, 3.8) is 0 Å². The number of rotatable bonds is 3. The van der Waals surface area contributed by atoms with Crippen molar-refractivity contribution in [2.75, 3.05) is 0 Å². The monoisotopic (exact) mass is 324 g/mol. The summed E-state index contributed by atoms with van der Waals surface area (Å²) in [4.78, 5) is 16.2. The van der Waals surface area contributed by atoms with Crippen molar-refractivity contribution in [3.05, 3.63) is 41.6 Å². The second-order valence-corrected chi connectivity index (χ2v) is 4.90. The van der Waals surface area contributed by atoms with Gasteiger partial charge in [-0.05, 0) is 25.1 Å². The summed E-state index contributed by atoms with van der Waals surface area (Å²) in [5.74, 6) is -0.186. The number of H-pyrrole nitrogens is 2. The number of benzene rings is 1. The number of nitrogens with one attached hydrogen (secondary N) is 3. The summed E-state index contributed by atoms with van der Waals surface area (Å²) in [5.41, 5.74) is -0.614. The van der Waals surface area contributed by atoms with Gasteiger partial charge in [-0.2, -0.15) is 23.4 Å². The molecule has 10 heteroatoms. The number of carbonyl (C=O) groups is 1. The molecule has 0 radical (unpaired) electrons. The number of alkyl halides is 3. The fourth-order valence-corrected chi connectivity index (χ4v) is 2.12. The highest BCUT2D eigenvalue weighted by Gasteiger charge is 2.31. The molecule has 2 aromatic heterocycles. The van der Waals surface area contributed by atoms with E-state index in [1.807, 2.05) is 0 Å². The summed E-state index contributed by atoms with van der Waals surface area (Å²) >= 11 is 0. The summed E-state index contributed by atoms with van der Waals surface area (Å²) in [6.45, 7) is 1.66. The van der Waals surface area contributed by atoms with Gasteiger partial charge >= 0.3 is 6.18 Å². The maximum atomic E-state index is 12.8. The Balaban J connectivity index is 1.91. The number of hydrogen-bond donors (Lipinski definition) is 3. The Hall–Kier alpha value is -2.91. The molecule has 0 fully saturated rings. The highest BCUT2D eigenvalue weighted by Crippen LogP contribution is 2.31. The van der Waals surface area contributed by atoms with Crippen molar-refractivity contribution in [2.24, 2.45) is 0 Å². The molecule has 0 saturated heterocycles. The Morgan fingerprint density at radius 2 is 2.09 bits per heavy atom. The minimum absolute atomic E-state index is 0.0992. The zero-order chi connectivity index (χ0) is 16.6. The molecule has 120 valence electrons. The van der Waals surface area contributed by atoms with Crippen molar-refractivity contribution in [3.8, 4) is 0 Å². The molecule has 0 unspecified atom stereocenters. The third kappa shape index (κ3) is 2.87. The second kappa shape index (κ2) is 5.38. The summed E-state index contributed by atoms with van der Waals surface area (Å²) in [7, 11) is 0. The van der Waals surface area contributed by atoms with Crippen LogP contribution in [0.4, 0.5) is 13.2 Å². The highest BCUT2D eigenvalue weighted by atomic mass is 19.4. The van der Waals surface area contributed by atoms with Gasteiger partial charge in [0.15, 0.2) is 5.69 Å². The van der Waals surface area contributed by atoms with Crippen molar-refractivity contribution in [2.45, 2.75) is 19.1 Å². The summed E-state index contributed by atoms with van der Waals surface area (Å²) in [6, 6.07) is 2.57. The van der Waals surface area contributed by atoms with E-state index < -0.39 is 23.7 Å². The van der Waals surface area contributed by atoms with Gasteiger partial charge in [0, 0.05) is 5.39 Å². The maximum Gasteiger partial charge on any atom is 0.416 e. The quantitative estimate of drug-likeness (QED) is 0.687. The van der Waals surface area contributed by atoms with Crippen LogP contribution in [0.25, 0.3) is 10.9 Å². The number of fused-ring (bicyclic) bond motifs is 1. The molecular formula is C13H11F3N6O.